The lowest BCUT2D eigenvalue weighted by Crippen LogP contribution is -2.57. The standard InChI is InChI=1S/C23H32N4O4S/c1-13-18(32-12-25-13)14-6-8-15(9-7-14)23(5,31)26-20(29)17-10-16(28)11-27(17)21(30)19(24)22(2,3)4/h6-9,12,16-17,19,28,31H,10-11,24H2,1-5H3,(H,26,29)/t16-,17+,19-,23-/m1/s1. The summed E-state index contributed by atoms with van der Waals surface area (Å²) in [5.41, 5.74) is 8.14. The van der Waals surface area contributed by atoms with Crippen LogP contribution in [0.4, 0.5) is 0 Å². The highest BCUT2D eigenvalue weighted by molar-refractivity contribution is 7.13. The molecule has 0 unspecified atom stereocenters. The van der Waals surface area contributed by atoms with Crippen molar-refractivity contribution in [2.45, 2.75) is 65.0 Å². The fourth-order valence-electron chi connectivity index (χ4n) is 3.78. The van der Waals surface area contributed by atoms with E-state index >= 15 is 0 Å². The smallest absolute Gasteiger partial charge is 0.245 e. The van der Waals surface area contributed by atoms with Crippen molar-refractivity contribution in [2.24, 2.45) is 11.1 Å². The van der Waals surface area contributed by atoms with Gasteiger partial charge in [0.15, 0.2) is 5.72 Å². The lowest BCUT2D eigenvalue weighted by molar-refractivity contribution is -0.144. The van der Waals surface area contributed by atoms with Crippen molar-refractivity contribution in [3.8, 4) is 10.4 Å². The molecule has 0 spiro atoms. The zero-order chi connectivity index (χ0) is 23.8. The number of hydrogen-bond donors (Lipinski definition) is 4. The second-order valence-corrected chi connectivity index (χ2v) is 10.5. The first-order chi connectivity index (χ1) is 14.8. The number of β-amino-alcohol motifs (C(OH)–C–C–N with tert-alkyl or cyclic N) is 1. The molecule has 1 saturated heterocycles. The van der Waals surface area contributed by atoms with Gasteiger partial charge in [-0.15, -0.1) is 11.3 Å². The lowest BCUT2D eigenvalue weighted by atomic mass is 9.86. The number of benzene rings is 1. The minimum Gasteiger partial charge on any atom is -0.391 e. The molecule has 174 valence electrons. The zero-order valence-corrected chi connectivity index (χ0v) is 19.9. The van der Waals surface area contributed by atoms with Crippen molar-refractivity contribution in [3.63, 3.8) is 0 Å². The Morgan fingerprint density at radius 1 is 1.25 bits per heavy atom. The van der Waals surface area contributed by atoms with Gasteiger partial charge in [-0.25, -0.2) is 4.98 Å². The van der Waals surface area contributed by atoms with E-state index in [-0.39, 0.29) is 13.0 Å². The number of carbonyl (C=O) groups is 2. The number of aryl methyl sites for hydroxylation is 1. The quantitative estimate of drug-likeness (QED) is 0.503. The zero-order valence-electron chi connectivity index (χ0n) is 19.1. The van der Waals surface area contributed by atoms with Crippen molar-refractivity contribution in [3.05, 3.63) is 41.0 Å². The molecule has 0 saturated carbocycles. The van der Waals surface area contributed by atoms with E-state index in [1.54, 1.807) is 17.6 Å². The Balaban J connectivity index is 1.75. The number of aliphatic hydroxyl groups excluding tert-OH is 1. The predicted molar refractivity (Wildman–Crippen MR) is 124 cm³/mol. The number of aliphatic hydroxyl groups is 2. The summed E-state index contributed by atoms with van der Waals surface area (Å²) in [6.07, 6.45) is -0.734. The minimum atomic E-state index is -1.66. The Labute approximate surface area is 192 Å². The van der Waals surface area contributed by atoms with E-state index < -0.39 is 41.1 Å². The van der Waals surface area contributed by atoms with Crippen molar-refractivity contribution >= 4 is 23.2 Å². The molecule has 0 aliphatic carbocycles. The molecular weight excluding hydrogens is 428 g/mol. The van der Waals surface area contributed by atoms with Crippen LogP contribution in [0.5, 0.6) is 0 Å². The predicted octanol–water partition coefficient (Wildman–Crippen LogP) is 1.73. The molecule has 1 aliphatic rings. The topological polar surface area (TPSA) is 129 Å². The maximum Gasteiger partial charge on any atom is 0.245 e. The van der Waals surface area contributed by atoms with Crippen molar-refractivity contribution in [1.82, 2.24) is 15.2 Å². The van der Waals surface area contributed by atoms with E-state index in [2.05, 4.69) is 10.3 Å². The average molecular weight is 461 g/mol. The molecule has 0 radical (unpaired) electrons. The molecule has 1 aromatic carbocycles. The van der Waals surface area contributed by atoms with Gasteiger partial charge in [0.1, 0.15) is 6.04 Å². The second kappa shape index (κ2) is 8.90. The molecule has 0 bridgehead atoms. The third kappa shape index (κ3) is 5.01. The number of rotatable bonds is 5. The second-order valence-electron chi connectivity index (χ2n) is 9.65. The summed E-state index contributed by atoms with van der Waals surface area (Å²) in [4.78, 5) is 32.6. The first-order valence-electron chi connectivity index (χ1n) is 10.6. The van der Waals surface area contributed by atoms with Crippen LogP contribution in [0.1, 0.15) is 45.4 Å². The molecule has 9 heteroatoms. The van der Waals surface area contributed by atoms with Crippen LogP contribution < -0.4 is 11.1 Å². The largest absolute Gasteiger partial charge is 0.391 e. The number of thiazole rings is 1. The van der Waals surface area contributed by atoms with E-state index in [1.165, 1.54) is 23.2 Å². The number of amides is 2. The van der Waals surface area contributed by atoms with Gasteiger partial charge in [0.25, 0.3) is 0 Å². The number of carbonyl (C=O) groups excluding carboxylic acids is 2. The normalized spacial score (nSPS) is 21.8. The van der Waals surface area contributed by atoms with Crippen molar-refractivity contribution in [2.75, 3.05) is 6.54 Å². The molecule has 3 rings (SSSR count). The number of hydrogen-bond acceptors (Lipinski definition) is 7. The van der Waals surface area contributed by atoms with Gasteiger partial charge in [-0.1, -0.05) is 45.0 Å². The van der Waals surface area contributed by atoms with Gasteiger partial charge >= 0.3 is 0 Å². The van der Waals surface area contributed by atoms with Gasteiger partial charge in [0.05, 0.1) is 28.2 Å². The third-order valence-electron chi connectivity index (χ3n) is 5.89. The molecular formula is C23H32N4O4S. The van der Waals surface area contributed by atoms with Gasteiger partial charge in [-0.3, -0.25) is 9.59 Å². The Bertz CT molecular complexity index is 981. The van der Waals surface area contributed by atoms with Gasteiger partial charge in [-0.2, -0.15) is 0 Å². The first kappa shape index (κ1) is 24.3. The van der Waals surface area contributed by atoms with Gasteiger partial charge in [0.2, 0.25) is 11.8 Å². The lowest BCUT2D eigenvalue weighted by Gasteiger charge is -2.34. The average Bonchev–Trinajstić information content (AvgIpc) is 3.31. The third-order valence-corrected chi connectivity index (χ3v) is 6.86. The van der Waals surface area contributed by atoms with Crippen LogP contribution in [0, 0.1) is 12.3 Å². The van der Waals surface area contributed by atoms with Gasteiger partial charge in [0, 0.05) is 18.5 Å². The molecule has 8 nitrogen and oxygen atoms in total. The highest BCUT2D eigenvalue weighted by Gasteiger charge is 2.44. The number of nitrogens with two attached hydrogens (primary N) is 1. The van der Waals surface area contributed by atoms with Crippen LogP contribution in [-0.2, 0) is 15.3 Å². The summed E-state index contributed by atoms with van der Waals surface area (Å²) >= 11 is 1.54. The van der Waals surface area contributed by atoms with E-state index in [9.17, 15) is 19.8 Å². The van der Waals surface area contributed by atoms with E-state index in [1.807, 2.05) is 39.8 Å². The summed E-state index contributed by atoms with van der Waals surface area (Å²) < 4.78 is 0. The van der Waals surface area contributed by atoms with Crippen LogP contribution >= 0.6 is 11.3 Å². The maximum absolute atomic E-state index is 13.0. The highest BCUT2D eigenvalue weighted by atomic mass is 32.1. The molecule has 32 heavy (non-hydrogen) atoms. The molecule has 5 N–H and O–H groups in total. The molecule has 2 aromatic rings. The van der Waals surface area contributed by atoms with Crippen molar-refractivity contribution < 1.29 is 19.8 Å². The Kier molecular flexibility index (Phi) is 6.76. The summed E-state index contributed by atoms with van der Waals surface area (Å²) in [7, 11) is 0. The Morgan fingerprint density at radius 2 is 1.88 bits per heavy atom. The monoisotopic (exact) mass is 460 g/mol. The van der Waals surface area contributed by atoms with Crippen LogP contribution in [0.3, 0.4) is 0 Å². The number of nitrogens with one attached hydrogen (secondary N) is 1. The van der Waals surface area contributed by atoms with Crippen molar-refractivity contribution in [1.29, 1.82) is 0 Å². The van der Waals surface area contributed by atoms with E-state index in [0.717, 1.165) is 16.1 Å². The molecule has 2 amide bonds. The van der Waals surface area contributed by atoms with Gasteiger partial charge < -0.3 is 26.2 Å². The summed E-state index contributed by atoms with van der Waals surface area (Å²) in [6.45, 7) is 8.99. The maximum atomic E-state index is 13.0. The Hall–Kier alpha value is -2.33. The van der Waals surface area contributed by atoms with Gasteiger partial charge in [-0.05, 0) is 24.8 Å². The van der Waals surface area contributed by atoms with Crippen LogP contribution in [0.2, 0.25) is 0 Å². The molecule has 1 aromatic heterocycles. The minimum absolute atomic E-state index is 0.0335. The highest BCUT2D eigenvalue weighted by Crippen LogP contribution is 2.30. The first-order valence-corrected chi connectivity index (χ1v) is 11.5. The molecule has 1 aliphatic heterocycles. The van der Waals surface area contributed by atoms with Crippen LogP contribution in [0.25, 0.3) is 10.4 Å². The summed E-state index contributed by atoms with van der Waals surface area (Å²) in [5, 5.41) is 23.7. The van der Waals surface area contributed by atoms with E-state index in [4.69, 9.17) is 5.73 Å². The SMILES string of the molecule is Cc1ncsc1-c1ccc([C@@](C)(O)NC(=O)[C@@H]2C[C@@H](O)CN2C(=O)[C@@H](N)C(C)(C)C)cc1. The van der Waals surface area contributed by atoms with Crippen LogP contribution in [-0.4, -0.2) is 56.6 Å². The fraction of sp³-hybridized carbons (Fsp3) is 0.522. The molecule has 2 heterocycles. The fourth-order valence-corrected chi connectivity index (χ4v) is 4.59. The molecule has 1 fully saturated rings. The molecule has 4 atom stereocenters. The van der Waals surface area contributed by atoms with Crippen LogP contribution in [0.15, 0.2) is 29.8 Å². The van der Waals surface area contributed by atoms with E-state index in [0.29, 0.717) is 5.56 Å². The summed E-state index contributed by atoms with van der Waals surface area (Å²) in [5.74, 6) is -0.929. The number of nitrogens with zero attached hydrogens (tertiary/aromatic N) is 2. The number of aromatic nitrogens is 1. The summed E-state index contributed by atoms with van der Waals surface area (Å²) in [6, 6.07) is 5.51. The number of likely N-dealkylation sites (tertiary alicyclic amines) is 1. The Morgan fingerprint density at radius 3 is 2.41 bits per heavy atom.